The first-order valence-corrected chi connectivity index (χ1v) is 9.70. The van der Waals surface area contributed by atoms with Gasteiger partial charge in [-0.3, -0.25) is 0 Å². The number of urea groups is 1. The molecule has 0 radical (unpaired) electrons. The molecule has 124 valence electrons. The topological polar surface area (TPSA) is 32.3 Å². The van der Waals surface area contributed by atoms with Crippen LogP contribution in [0.25, 0.3) is 0 Å². The Kier molecular flexibility index (Phi) is 4.08. The number of nitrogens with zero attached hydrogens (tertiary/aromatic N) is 1. The fourth-order valence-corrected chi connectivity index (χ4v) is 6.25. The molecule has 3 nitrogen and oxygen atoms in total. The molecule has 0 saturated heterocycles. The van der Waals surface area contributed by atoms with Crippen LogP contribution in [0, 0.1) is 29.6 Å². The molecular weight excluding hydrogens is 272 g/mol. The van der Waals surface area contributed by atoms with Gasteiger partial charge in [0.15, 0.2) is 0 Å². The molecule has 22 heavy (non-hydrogen) atoms. The summed E-state index contributed by atoms with van der Waals surface area (Å²) in [5.74, 6) is 4.26. The van der Waals surface area contributed by atoms with E-state index in [1.165, 1.54) is 64.2 Å². The smallest absolute Gasteiger partial charge is 0.317 e. The van der Waals surface area contributed by atoms with Gasteiger partial charge in [-0.15, -0.1) is 0 Å². The van der Waals surface area contributed by atoms with Gasteiger partial charge in [-0.1, -0.05) is 19.3 Å². The summed E-state index contributed by atoms with van der Waals surface area (Å²) < 4.78 is 0. The molecule has 5 saturated carbocycles. The van der Waals surface area contributed by atoms with Crippen molar-refractivity contribution in [2.45, 2.75) is 70.3 Å². The molecule has 4 bridgehead atoms. The fourth-order valence-electron chi connectivity index (χ4n) is 6.25. The van der Waals surface area contributed by atoms with Crippen LogP contribution in [0.5, 0.6) is 0 Å². The van der Waals surface area contributed by atoms with Crippen molar-refractivity contribution in [3.63, 3.8) is 0 Å². The Bertz CT molecular complexity index is 388. The van der Waals surface area contributed by atoms with Gasteiger partial charge in [0.25, 0.3) is 0 Å². The van der Waals surface area contributed by atoms with E-state index in [0.29, 0.717) is 6.04 Å². The lowest BCUT2D eigenvalue weighted by Gasteiger charge is -2.54. The third-order valence-electron chi connectivity index (χ3n) is 7.12. The third-order valence-corrected chi connectivity index (χ3v) is 7.12. The Morgan fingerprint density at radius 1 is 0.955 bits per heavy atom. The Morgan fingerprint density at radius 2 is 1.55 bits per heavy atom. The summed E-state index contributed by atoms with van der Waals surface area (Å²) in [7, 11) is 2.00. The third kappa shape index (κ3) is 2.88. The summed E-state index contributed by atoms with van der Waals surface area (Å²) in [4.78, 5) is 14.6. The van der Waals surface area contributed by atoms with Gasteiger partial charge >= 0.3 is 6.03 Å². The number of rotatable bonds is 3. The van der Waals surface area contributed by atoms with Crippen LogP contribution >= 0.6 is 0 Å². The zero-order valence-corrected chi connectivity index (χ0v) is 14.1. The standard InChI is InChI=1S/C19H32N2O/c1-21(12-13-5-3-2-4-6-13)19(22)20-18-16-8-14-7-15(10-16)11-17(18)9-14/h13-18H,2-12H2,1H3,(H,20,22). The minimum Gasteiger partial charge on any atom is -0.335 e. The summed E-state index contributed by atoms with van der Waals surface area (Å²) in [6.45, 7) is 0.957. The summed E-state index contributed by atoms with van der Waals surface area (Å²) >= 11 is 0. The monoisotopic (exact) mass is 304 g/mol. The lowest BCUT2D eigenvalue weighted by atomic mass is 9.54. The number of carbonyl (C=O) groups is 1. The molecule has 0 aromatic rings. The van der Waals surface area contributed by atoms with Crippen molar-refractivity contribution in [3.05, 3.63) is 0 Å². The fraction of sp³-hybridized carbons (Fsp3) is 0.947. The van der Waals surface area contributed by atoms with Crippen LogP contribution in [0.2, 0.25) is 0 Å². The molecule has 3 heteroatoms. The Balaban J connectivity index is 1.31. The molecule has 0 heterocycles. The number of carbonyl (C=O) groups excluding carboxylic acids is 1. The zero-order valence-electron chi connectivity index (χ0n) is 14.1. The van der Waals surface area contributed by atoms with Crippen LogP contribution in [0.4, 0.5) is 4.79 Å². The Morgan fingerprint density at radius 3 is 2.14 bits per heavy atom. The highest BCUT2D eigenvalue weighted by atomic mass is 16.2. The first-order valence-electron chi connectivity index (χ1n) is 9.70. The quantitative estimate of drug-likeness (QED) is 0.838. The Hall–Kier alpha value is -0.730. The van der Waals surface area contributed by atoms with Gasteiger partial charge in [0.1, 0.15) is 0 Å². The number of hydrogen-bond donors (Lipinski definition) is 1. The largest absolute Gasteiger partial charge is 0.335 e. The van der Waals surface area contributed by atoms with E-state index in [-0.39, 0.29) is 6.03 Å². The number of nitrogens with one attached hydrogen (secondary N) is 1. The van der Waals surface area contributed by atoms with Crippen LogP contribution < -0.4 is 5.32 Å². The molecule has 0 spiro atoms. The van der Waals surface area contributed by atoms with Crippen molar-refractivity contribution in [2.24, 2.45) is 29.6 Å². The number of amides is 2. The highest BCUT2D eigenvalue weighted by molar-refractivity contribution is 5.74. The van der Waals surface area contributed by atoms with Gasteiger partial charge in [-0.2, -0.15) is 0 Å². The maximum atomic E-state index is 12.6. The minimum absolute atomic E-state index is 0.197. The van der Waals surface area contributed by atoms with E-state index >= 15 is 0 Å². The lowest BCUT2D eigenvalue weighted by Crippen LogP contribution is -2.57. The van der Waals surface area contributed by atoms with Crippen LogP contribution in [0.15, 0.2) is 0 Å². The molecule has 0 aliphatic heterocycles. The predicted molar refractivity (Wildman–Crippen MR) is 88.6 cm³/mol. The molecular formula is C19H32N2O. The second kappa shape index (κ2) is 6.05. The van der Waals surface area contributed by atoms with Gasteiger partial charge in [0.05, 0.1) is 0 Å². The van der Waals surface area contributed by atoms with E-state index in [0.717, 1.165) is 36.1 Å². The van der Waals surface area contributed by atoms with Crippen LogP contribution in [-0.2, 0) is 0 Å². The van der Waals surface area contributed by atoms with E-state index in [1.807, 2.05) is 11.9 Å². The van der Waals surface area contributed by atoms with Gasteiger partial charge in [-0.05, 0) is 74.5 Å². The van der Waals surface area contributed by atoms with Gasteiger partial charge in [0, 0.05) is 19.6 Å². The average molecular weight is 304 g/mol. The first kappa shape index (κ1) is 14.8. The highest BCUT2D eigenvalue weighted by Gasteiger charge is 2.48. The molecule has 5 aliphatic carbocycles. The van der Waals surface area contributed by atoms with Gasteiger partial charge < -0.3 is 10.2 Å². The van der Waals surface area contributed by atoms with Crippen molar-refractivity contribution >= 4 is 6.03 Å². The SMILES string of the molecule is CN(CC1CCCCC1)C(=O)NC1C2CC3CC(C2)CC1C3. The summed E-state index contributed by atoms with van der Waals surface area (Å²) in [5, 5.41) is 3.44. The molecule has 0 aromatic carbocycles. The molecule has 5 rings (SSSR count). The molecule has 0 unspecified atom stereocenters. The van der Waals surface area contributed by atoms with Crippen LogP contribution in [0.3, 0.4) is 0 Å². The van der Waals surface area contributed by atoms with Crippen molar-refractivity contribution < 1.29 is 4.79 Å². The molecule has 2 amide bonds. The maximum Gasteiger partial charge on any atom is 0.317 e. The van der Waals surface area contributed by atoms with E-state index in [2.05, 4.69) is 5.32 Å². The first-order chi connectivity index (χ1) is 10.7. The van der Waals surface area contributed by atoms with Gasteiger partial charge in [0.2, 0.25) is 0 Å². The van der Waals surface area contributed by atoms with E-state index < -0.39 is 0 Å². The summed E-state index contributed by atoms with van der Waals surface area (Å²) in [6.07, 6.45) is 13.7. The molecule has 5 fully saturated rings. The second-order valence-electron chi connectivity index (χ2n) is 8.79. The van der Waals surface area contributed by atoms with Crippen molar-refractivity contribution in [1.82, 2.24) is 10.2 Å². The normalized spacial score (nSPS) is 40.7. The van der Waals surface area contributed by atoms with Crippen molar-refractivity contribution in [1.29, 1.82) is 0 Å². The predicted octanol–water partition coefficient (Wildman–Crippen LogP) is 4.03. The molecule has 1 N–H and O–H groups in total. The number of hydrogen-bond acceptors (Lipinski definition) is 1. The van der Waals surface area contributed by atoms with Crippen molar-refractivity contribution in [2.75, 3.05) is 13.6 Å². The lowest BCUT2D eigenvalue weighted by molar-refractivity contribution is -0.0109. The molecule has 0 aromatic heterocycles. The molecule has 0 atom stereocenters. The van der Waals surface area contributed by atoms with E-state index in [4.69, 9.17) is 0 Å². The minimum atomic E-state index is 0.197. The summed E-state index contributed by atoms with van der Waals surface area (Å²) in [6, 6.07) is 0.678. The zero-order chi connectivity index (χ0) is 15.1. The van der Waals surface area contributed by atoms with Crippen LogP contribution in [0.1, 0.15) is 64.2 Å². The van der Waals surface area contributed by atoms with E-state index in [1.54, 1.807) is 0 Å². The van der Waals surface area contributed by atoms with Crippen molar-refractivity contribution in [3.8, 4) is 0 Å². The maximum absolute atomic E-state index is 12.6. The van der Waals surface area contributed by atoms with E-state index in [9.17, 15) is 4.79 Å². The Labute approximate surface area is 135 Å². The summed E-state index contributed by atoms with van der Waals surface area (Å²) in [5.41, 5.74) is 0. The average Bonchev–Trinajstić information content (AvgIpc) is 2.51. The second-order valence-corrected chi connectivity index (χ2v) is 8.79. The van der Waals surface area contributed by atoms with Crippen LogP contribution in [-0.4, -0.2) is 30.6 Å². The molecule has 5 aliphatic rings. The van der Waals surface area contributed by atoms with Gasteiger partial charge in [-0.25, -0.2) is 4.79 Å². The highest BCUT2D eigenvalue weighted by Crippen LogP contribution is 2.53.